The molecule has 11 nitrogen and oxygen atoms in total. The van der Waals surface area contributed by atoms with Gasteiger partial charge in [0.2, 0.25) is 11.8 Å². The Kier molecular flexibility index (Phi) is 9.60. The lowest BCUT2D eigenvalue weighted by Gasteiger charge is -2.37. The third kappa shape index (κ3) is 7.05. The van der Waals surface area contributed by atoms with Crippen molar-refractivity contribution < 1.29 is 31.9 Å². The molecule has 2 N–H and O–H groups in total. The minimum absolute atomic E-state index is 0.201. The Morgan fingerprint density at radius 2 is 1.69 bits per heavy atom. The zero-order valence-corrected chi connectivity index (χ0v) is 30.2. The van der Waals surface area contributed by atoms with Crippen molar-refractivity contribution in [2.45, 2.75) is 75.5 Å². The van der Waals surface area contributed by atoms with Gasteiger partial charge < -0.3 is 10.2 Å². The standard InChI is InChI=1S/C40H41F4N7O4/c1-48-36-28(4-3-7-32(36)51(39(48)55)33-14-15-34(52)46-38(33)54)24-16-18-49(19-17-24)21-23-8-11-27(12-9-23)50-22-25-20-26(10-13-31(25)47-50)45-37(53)29-5-2-6-30(35(29)41)40(42,43)44/h2-7,10,13,20,22-24,27,33H,8-9,11-12,14-19,21H2,1H3,(H,45,53)(H,46,52,54)/t23-,27-,33?. The smallest absolute Gasteiger partial charge is 0.322 e. The van der Waals surface area contributed by atoms with Gasteiger partial charge in [-0.2, -0.15) is 18.3 Å². The minimum Gasteiger partial charge on any atom is -0.322 e. The highest BCUT2D eigenvalue weighted by molar-refractivity contribution is 6.05. The average Bonchev–Trinajstić information content (AvgIpc) is 3.69. The highest BCUT2D eigenvalue weighted by Gasteiger charge is 2.36. The summed E-state index contributed by atoms with van der Waals surface area (Å²) in [7, 11) is 1.75. The summed E-state index contributed by atoms with van der Waals surface area (Å²) in [6, 6.07) is 13.1. The van der Waals surface area contributed by atoms with Crippen LogP contribution >= 0.6 is 0 Å². The van der Waals surface area contributed by atoms with Gasteiger partial charge in [-0.25, -0.2) is 9.18 Å². The summed E-state index contributed by atoms with van der Waals surface area (Å²) in [6.07, 6.45) is 3.47. The van der Waals surface area contributed by atoms with Gasteiger partial charge in [-0.05, 0) is 112 Å². The van der Waals surface area contributed by atoms with Crippen LogP contribution in [0.5, 0.6) is 0 Å². The molecule has 3 aromatic carbocycles. The first-order valence-corrected chi connectivity index (χ1v) is 18.8. The third-order valence-corrected chi connectivity index (χ3v) is 11.7. The number of halogens is 4. The molecule has 288 valence electrons. The van der Waals surface area contributed by atoms with E-state index in [1.54, 1.807) is 34.4 Å². The van der Waals surface area contributed by atoms with Gasteiger partial charge in [-0.1, -0.05) is 18.2 Å². The predicted molar refractivity (Wildman–Crippen MR) is 197 cm³/mol. The normalized spacial score (nSPS) is 21.7. The Bertz CT molecular complexity index is 2360. The van der Waals surface area contributed by atoms with Crippen LogP contribution in [0.1, 0.15) is 90.9 Å². The number of carbonyl (C=O) groups excluding carboxylic acids is 3. The largest absolute Gasteiger partial charge is 0.419 e. The van der Waals surface area contributed by atoms with Crippen LogP contribution < -0.4 is 16.3 Å². The number of amides is 3. The van der Waals surface area contributed by atoms with E-state index in [9.17, 15) is 36.7 Å². The number of aryl methyl sites for hydroxylation is 1. The fourth-order valence-corrected chi connectivity index (χ4v) is 8.85. The van der Waals surface area contributed by atoms with E-state index in [4.69, 9.17) is 5.10 Å². The average molecular weight is 760 g/mol. The molecule has 2 saturated heterocycles. The topological polar surface area (TPSA) is 123 Å². The number of nitrogens with one attached hydrogen (secondary N) is 2. The number of aromatic nitrogens is 4. The summed E-state index contributed by atoms with van der Waals surface area (Å²) in [6.45, 7) is 2.92. The highest BCUT2D eigenvalue weighted by Crippen LogP contribution is 2.38. The molecule has 1 aliphatic carbocycles. The lowest BCUT2D eigenvalue weighted by molar-refractivity contribution is -0.140. The monoisotopic (exact) mass is 759 g/mol. The number of carbonyl (C=O) groups is 3. The van der Waals surface area contributed by atoms with Gasteiger partial charge in [0.1, 0.15) is 11.9 Å². The number of alkyl halides is 3. The number of piperidine rings is 2. The van der Waals surface area contributed by atoms with E-state index in [1.165, 1.54) is 0 Å². The molecule has 0 bridgehead atoms. The van der Waals surface area contributed by atoms with Crippen molar-refractivity contribution in [2.24, 2.45) is 13.0 Å². The first-order chi connectivity index (χ1) is 26.4. The number of benzene rings is 3. The van der Waals surface area contributed by atoms with Crippen LogP contribution in [-0.4, -0.2) is 61.2 Å². The van der Waals surface area contributed by atoms with E-state index in [1.807, 2.05) is 23.0 Å². The lowest BCUT2D eigenvalue weighted by Crippen LogP contribution is -2.44. The van der Waals surface area contributed by atoms with Gasteiger partial charge in [0, 0.05) is 37.3 Å². The summed E-state index contributed by atoms with van der Waals surface area (Å²) in [4.78, 5) is 53.1. The van der Waals surface area contributed by atoms with Crippen LogP contribution in [0.25, 0.3) is 21.9 Å². The first kappa shape index (κ1) is 36.7. The van der Waals surface area contributed by atoms with Crippen LogP contribution in [0.2, 0.25) is 0 Å². The van der Waals surface area contributed by atoms with Crippen LogP contribution in [0, 0.1) is 11.7 Å². The number of likely N-dealkylation sites (tertiary alicyclic amines) is 1. The summed E-state index contributed by atoms with van der Waals surface area (Å²) in [5.74, 6) is -2.49. The van der Waals surface area contributed by atoms with E-state index < -0.39 is 41.0 Å². The molecule has 2 aliphatic heterocycles. The van der Waals surface area contributed by atoms with Crippen molar-refractivity contribution in [1.82, 2.24) is 29.1 Å². The first-order valence-electron chi connectivity index (χ1n) is 18.8. The molecule has 0 radical (unpaired) electrons. The second-order valence-corrected chi connectivity index (χ2v) is 15.1. The van der Waals surface area contributed by atoms with Crippen molar-refractivity contribution >= 4 is 45.3 Å². The number of nitrogens with zero attached hydrogens (tertiary/aromatic N) is 5. The lowest BCUT2D eigenvalue weighted by atomic mass is 9.84. The predicted octanol–water partition coefficient (Wildman–Crippen LogP) is 6.69. The Balaban J connectivity index is 0.861. The molecular weight excluding hydrogens is 718 g/mol. The second kappa shape index (κ2) is 14.4. The van der Waals surface area contributed by atoms with Gasteiger partial charge in [0.05, 0.1) is 33.7 Å². The van der Waals surface area contributed by atoms with Gasteiger partial charge >= 0.3 is 11.9 Å². The van der Waals surface area contributed by atoms with Gasteiger partial charge in [-0.15, -0.1) is 0 Å². The van der Waals surface area contributed by atoms with Crippen LogP contribution in [0.4, 0.5) is 23.2 Å². The Morgan fingerprint density at radius 1 is 0.945 bits per heavy atom. The molecule has 3 amide bonds. The van der Waals surface area contributed by atoms with Gasteiger partial charge in [-0.3, -0.25) is 33.5 Å². The number of imidazole rings is 1. The zero-order chi connectivity index (χ0) is 38.6. The molecule has 4 heterocycles. The second-order valence-electron chi connectivity index (χ2n) is 15.1. The van der Waals surface area contributed by atoms with E-state index in [0.29, 0.717) is 24.1 Å². The van der Waals surface area contributed by atoms with Crippen LogP contribution in [-0.2, 0) is 22.8 Å². The molecular formula is C40H41F4N7O4. The number of hydrogen-bond acceptors (Lipinski definition) is 6. The SMILES string of the molecule is Cn1c(=O)n(C2CCC(=O)NC2=O)c2cccc(C3CCN(C[C@H]4CC[C@H](n5cc6cc(NC(=O)c7cccc(C(F)(F)F)c7F)ccc6n5)CC4)CC3)c21. The number of imide groups is 1. The van der Waals surface area contributed by atoms with E-state index >= 15 is 0 Å². The van der Waals surface area contributed by atoms with Crippen LogP contribution in [0.3, 0.4) is 0 Å². The number of fused-ring (bicyclic) bond motifs is 2. The number of para-hydroxylation sites is 1. The summed E-state index contributed by atoms with van der Waals surface area (Å²) < 4.78 is 59.2. The molecule has 55 heavy (non-hydrogen) atoms. The maximum absolute atomic E-state index is 14.5. The minimum atomic E-state index is -4.91. The van der Waals surface area contributed by atoms with E-state index in [2.05, 4.69) is 21.6 Å². The van der Waals surface area contributed by atoms with Crippen molar-refractivity contribution in [3.63, 3.8) is 0 Å². The fraction of sp³-hybridized carbons (Fsp3) is 0.425. The number of rotatable bonds is 7. The van der Waals surface area contributed by atoms with Crippen LogP contribution in [0.15, 0.2) is 65.6 Å². The Morgan fingerprint density at radius 3 is 2.42 bits per heavy atom. The molecule has 1 unspecified atom stereocenters. The third-order valence-electron chi connectivity index (χ3n) is 11.7. The fourth-order valence-electron chi connectivity index (χ4n) is 8.85. The molecule has 1 atom stereocenters. The van der Waals surface area contributed by atoms with Gasteiger partial charge in [0.15, 0.2) is 0 Å². The maximum Gasteiger partial charge on any atom is 0.419 e. The number of anilines is 1. The highest BCUT2D eigenvalue weighted by atomic mass is 19.4. The van der Waals surface area contributed by atoms with Crippen molar-refractivity contribution in [3.05, 3.63) is 93.8 Å². The van der Waals surface area contributed by atoms with Crippen molar-refractivity contribution in [1.29, 1.82) is 0 Å². The molecule has 2 aromatic heterocycles. The molecule has 5 aromatic rings. The molecule has 1 saturated carbocycles. The summed E-state index contributed by atoms with van der Waals surface area (Å²) >= 11 is 0. The number of hydrogen-bond donors (Lipinski definition) is 2. The molecule has 3 aliphatic rings. The Hall–Kier alpha value is -5.31. The summed E-state index contributed by atoms with van der Waals surface area (Å²) in [5, 5.41) is 10.4. The van der Waals surface area contributed by atoms with Crippen molar-refractivity contribution in [3.8, 4) is 0 Å². The molecule has 8 rings (SSSR count). The van der Waals surface area contributed by atoms with E-state index in [-0.39, 0.29) is 30.0 Å². The maximum atomic E-state index is 14.5. The molecule has 15 heteroatoms. The Labute approximate surface area is 313 Å². The molecule has 3 fully saturated rings. The van der Waals surface area contributed by atoms with Crippen molar-refractivity contribution in [2.75, 3.05) is 25.0 Å². The van der Waals surface area contributed by atoms with E-state index in [0.717, 1.165) is 97.8 Å². The quantitative estimate of drug-likeness (QED) is 0.141. The van der Waals surface area contributed by atoms with Gasteiger partial charge in [0.25, 0.3) is 5.91 Å². The zero-order valence-electron chi connectivity index (χ0n) is 30.2. The molecule has 0 spiro atoms. The summed E-state index contributed by atoms with van der Waals surface area (Å²) in [5.41, 5.74) is 1.32.